The van der Waals surface area contributed by atoms with E-state index in [9.17, 15) is 4.79 Å². The van der Waals surface area contributed by atoms with Gasteiger partial charge in [0.05, 0.1) is 6.04 Å². The van der Waals surface area contributed by atoms with E-state index in [4.69, 9.17) is 0 Å². The summed E-state index contributed by atoms with van der Waals surface area (Å²) in [5.74, 6) is 1.17. The Hall–Kier alpha value is -0.570. The van der Waals surface area contributed by atoms with Crippen LogP contribution in [-0.2, 0) is 4.79 Å². The third-order valence-electron chi connectivity index (χ3n) is 5.11. The van der Waals surface area contributed by atoms with E-state index in [1.807, 2.05) is 0 Å². The first-order valence-corrected chi connectivity index (χ1v) is 8.07. The monoisotopic (exact) mass is 266 g/mol. The summed E-state index contributed by atoms with van der Waals surface area (Å²) in [7, 11) is 0. The van der Waals surface area contributed by atoms with Crippen LogP contribution in [-0.4, -0.2) is 36.5 Å². The molecule has 0 aliphatic carbocycles. The fraction of sp³-hybridized carbons (Fsp3) is 0.938. The van der Waals surface area contributed by atoms with Gasteiger partial charge in [-0.05, 0) is 50.0 Å². The van der Waals surface area contributed by atoms with E-state index in [0.29, 0.717) is 5.91 Å². The van der Waals surface area contributed by atoms with Gasteiger partial charge < -0.3 is 10.2 Å². The van der Waals surface area contributed by atoms with Gasteiger partial charge in [0.1, 0.15) is 0 Å². The Kier molecular flexibility index (Phi) is 4.88. The zero-order valence-corrected chi connectivity index (χ0v) is 12.9. The van der Waals surface area contributed by atoms with E-state index in [2.05, 4.69) is 31.0 Å². The van der Waals surface area contributed by atoms with Crippen LogP contribution in [0.25, 0.3) is 0 Å². The predicted molar refractivity (Wildman–Crippen MR) is 79.0 cm³/mol. The van der Waals surface area contributed by atoms with Crippen LogP contribution in [0.2, 0.25) is 0 Å². The van der Waals surface area contributed by atoms with Crippen LogP contribution >= 0.6 is 0 Å². The van der Waals surface area contributed by atoms with Crippen molar-refractivity contribution in [2.24, 2.45) is 11.3 Å². The molecule has 0 aromatic carbocycles. The Morgan fingerprint density at radius 1 is 1.26 bits per heavy atom. The van der Waals surface area contributed by atoms with Crippen molar-refractivity contribution < 1.29 is 4.79 Å². The highest BCUT2D eigenvalue weighted by molar-refractivity contribution is 5.83. The molecule has 3 heteroatoms. The first-order valence-electron chi connectivity index (χ1n) is 8.07. The zero-order valence-electron chi connectivity index (χ0n) is 12.9. The van der Waals surface area contributed by atoms with E-state index < -0.39 is 0 Å². The maximum atomic E-state index is 12.8. The van der Waals surface area contributed by atoms with E-state index in [1.54, 1.807) is 0 Å². The average molecular weight is 266 g/mol. The van der Waals surface area contributed by atoms with Crippen molar-refractivity contribution in [1.82, 2.24) is 10.2 Å². The Morgan fingerprint density at radius 3 is 2.74 bits per heavy atom. The SMILES string of the molecule is CCC1CCCN(C(=O)C2NCCCC2(C)C)CC1. The third-order valence-corrected chi connectivity index (χ3v) is 5.11. The van der Waals surface area contributed by atoms with Crippen molar-refractivity contribution in [3.8, 4) is 0 Å². The van der Waals surface area contributed by atoms with Gasteiger partial charge >= 0.3 is 0 Å². The molecule has 0 aromatic rings. The van der Waals surface area contributed by atoms with Gasteiger partial charge in [-0.3, -0.25) is 4.79 Å². The van der Waals surface area contributed by atoms with Gasteiger partial charge in [0.15, 0.2) is 0 Å². The molecule has 2 atom stereocenters. The largest absolute Gasteiger partial charge is 0.341 e. The number of hydrogen-bond acceptors (Lipinski definition) is 2. The van der Waals surface area contributed by atoms with Crippen molar-refractivity contribution in [3.63, 3.8) is 0 Å². The number of carbonyl (C=O) groups excluding carboxylic acids is 1. The van der Waals surface area contributed by atoms with Crippen molar-refractivity contribution in [2.75, 3.05) is 19.6 Å². The molecule has 0 radical (unpaired) electrons. The summed E-state index contributed by atoms with van der Waals surface area (Å²) in [5.41, 5.74) is 0.103. The molecule has 2 rings (SSSR count). The molecular weight excluding hydrogens is 236 g/mol. The maximum Gasteiger partial charge on any atom is 0.240 e. The summed E-state index contributed by atoms with van der Waals surface area (Å²) >= 11 is 0. The Labute approximate surface area is 118 Å². The number of carbonyl (C=O) groups is 1. The molecule has 0 aromatic heterocycles. The summed E-state index contributed by atoms with van der Waals surface area (Å²) in [6.45, 7) is 9.65. The van der Waals surface area contributed by atoms with Crippen molar-refractivity contribution >= 4 is 5.91 Å². The number of amides is 1. The lowest BCUT2D eigenvalue weighted by Gasteiger charge is -2.40. The fourth-order valence-electron chi connectivity index (χ4n) is 3.61. The highest BCUT2D eigenvalue weighted by Gasteiger charge is 2.39. The summed E-state index contributed by atoms with van der Waals surface area (Å²) < 4.78 is 0. The second-order valence-electron chi connectivity index (χ2n) is 7.01. The molecule has 0 spiro atoms. The first-order chi connectivity index (χ1) is 9.04. The maximum absolute atomic E-state index is 12.8. The number of nitrogens with one attached hydrogen (secondary N) is 1. The van der Waals surface area contributed by atoms with E-state index in [-0.39, 0.29) is 11.5 Å². The van der Waals surface area contributed by atoms with E-state index in [1.165, 1.54) is 32.1 Å². The summed E-state index contributed by atoms with van der Waals surface area (Å²) in [6.07, 6.45) is 7.26. The highest BCUT2D eigenvalue weighted by atomic mass is 16.2. The van der Waals surface area contributed by atoms with E-state index in [0.717, 1.165) is 32.0 Å². The molecule has 110 valence electrons. The number of piperidine rings is 1. The van der Waals surface area contributed by atoms with Crippen molar-refractivity contribution in [2.45, 2.75) is 65.3 Å². The van der Waals surface area contributed by atoms with Gasteiger partial charge in [-0.15, -0.1) is 0 Å². The van der Waals surface area contributed by atoms with Crippen molar-refractivity contribution in [3.05, 3.63) is 0 Å². The summed E-state index contributed by atoms with van der Waals surface area (Å²) in [4.78, 5) is 14.9. The van der Waals surface area contributed by atoms with Gasteiger partial charge in [-0.1, -0.05) is 27.2 Å². The van der Waals surface area contributed by atoms with Crippen LogP contribution in [0, 0.1) is 11.3 Å². The molecular formula is C16H30N2O. The van der Waals surface area contributed by atoms with E-state index >= 15 is 0 Å². The molecule has 2 aliphatic heterocycles. The van der Waals surface area contributed by atoms with Gasteiger partial charge in [-0.25, -0.2) is 0 Å². The molecule has 2 aliphatic rings. The van der Waals surface area contributed by atoms with Crippen LogP contribution in [0.15, 0.2) is 0 Å². The molecule has 2 heterocycles. The second-order valence-corrected chi connectivity index (χ2v) is 7.01. The Balaban J connectivity index is 1.98. The second kappa shape index (κ2) is 6.25. The topological polar surface area (TPSA) is 32.3 Å². The van der Waals surface area contributed by atoms with Crippen LogP contribution in [0.5, 0.6) is 0 Å². The normalized spacial score (nSPS) is 31.8. The van der Waals surface area contributed by atoms with Gasteiger partial charge in [0.2, 0.25) is 5.91 Å². The lowest BCUT2D eigenvalue weighted by Crippen LogP contribution is -2.56. The van der Waals surface area contributed by atoms with Crippen LogP contribution in [0.1, 0.15) is 59.3 Å². The van der Waals surface area contributed by atoms with Gasteiger partial charge in [0.25, 0.3) is 0 Å². The lowest BCUT2D eigenvalue weighted by molar-refractivity contribution is -0.137. The lowest BCUT2D eigenvalue weighted by atomic mass is 9.77. The summed E-state index contributed by atoms with van der Waals surface area (Å²) in [5, 5.41) is 3.46. The molecule has 1 N–H and O–H groups in total. The summed E-state index contributed by atoms with van der Waals surface area (Å²) in [6, 6.07) is 0.0272. The van der Waals surface area contributed by atoms with Crippen LogP contribution < -0.4 is 5.32 Å². The first kappa shape index (κ1) is 14.8. The molecule has 2 saturated heterocycles. The van der Waals surface area contributed by atoms with Crippen LogP contribution in [0.3, 0.4) is 0 Å². The minimum atomic E-state index is 0.0272. The molecule has 0 bridgehead atoms. The molecule has 0 saturated carbocycles. The van der Waals surface area contributed by atoms with Crippen molar-refractivity contribution in [1.29, 1.82) is 0 Å². The highest BCUT2D eigenvalue weighted by Crippen LogP contribution is 2.32. The number of hydrogen-bond donors (Lipinski definition) is 1. The predicted octanol–water partition coefficient (Wildman–Crippen LogP) is 2.80. The molecule has 1 amide bonds. The molecule has 19 heavy (non-hydrogen) atoms. The number of nitrogens with zero attached hydrogens (tertiary/aromatic N) is 1. The molecule has 3 nitrogen and oxygen atoms in total. The fourth-order valence-corrected chi connectivity index (χ4v) is 3.61. The Morgan fingerprint density at radius 2 is 2.05 bits per heavy atom. The smallest absolute Gasteiger partial charge is 0.240 e. The Bertz CT molecular complexity index is 314. The average Bonchev–Trinajstić information content (AvgIpc) is 2.62. The zero-order chi connectivity index (χ0) is 13.9. The third kappa shape index (κ3) is 3.50. The molecule has 2 unspecified atom stereocenters. The minimum Gasteiger partial charge on any atom is -0.341 e. The van der Waals surface area contributed by atoms with Gasteiger partial charge in [0, 0.05) is 13.1 Å². The van der Waals surface area contributed by atoms with Gasteiger partial charge in [-0.2, -0.15) is 0 Å². The standard InChI is InChI=1S/C16H30N2O/c1-4-13-7-5-11-18(12-8-13)15(19)14-16(2,3)9-6-10-17-14/h13-14,17H,4-12H2,1-3H3. The number of likely N-dealkylation sites (tertiary alicyclic amines) is 1. The minimum absolute atomic E-state index is 0.0272. The van der Waals surface area contributed by atoms with Crippen LogP contribution in [0.4, 0.5) is 0 Å². The quantitative estimate of drug-likeness (QED) is 0.833. The molecule has 2 fully saturated rings. The number of rotatable bonds is 2.